The molecule has 4 nitrogen and oxygen atoms in total. The number of hydrogen-bond acceptors (Lipinski definition) is 3. The summed E-state index contributed by atoms with van der Waals surface area (Å²) in [4.78, 5) is 11.9. The summed E-state index contributed by atoms with van der Waals surface area (Å²) in [6, 6.07) is 7.70. The zero-order valence-corrected chi connectivity index (χ0v) is 12.3. The fourth-order valence-electron chi connectivity index (χ4n) is 1.75. The summed E-state index contributed by atoms with van der Waals surface area (Å²) in [5.74, 6) is 0.0713. The monoisotopic (exact) mass is 310 g/mol. The molecular weight excluding hydrogens is 295 g/mol. The zero-order valence-electron chi connectivity index (χ0n) is 11.5. The first kappa shape index (κ1) is 15.5. The Morgan fingerprint density at radius 3 is 2.86 bits per heavy atom. The van der Waals surface area contributed by atoms with Crippen LogP contribution in [-0.4, -0.2) is 11.9 Å². The van der Waals surface area contributed by atoms with Gasteiger partial charge in [0.15, 0.2) is 0 Å². The van der Waals surface area contributed by atoms with Crippen LogP contribution in [0.2, 0.25) is 5.02 Å². The molecule has 0 aliphatic rings. The van der Waals surface area contributed by atoms with Crippen molar-refractivity contribution in [2.24, 2.45) is 0 Å². The van der Waals surface area contributed by atoms with Gasteiger partial charge in [0, 0.05) is 6.54 Å². The molecule has 21 heavy (non-hydrogen) atoms. The smallest absolute Gasteiger partial charge is 0.237 e. The predicted molar refractivity (Wildman–Crippen MR) is 78.3 cm³/mol. The van der Waals surface area contributed by atoms with Gasteiger partial charge in [-0.1, -0.05) is 17.7 Å². The number of amides is 1. The maximum atomic E-state index is 13.3. The highest BCUT2D eigenvalue weighted by atomic mass is 35.5. The molecule has 1 amide bonds. The first-order valence-electron chi connectivity index (χ1n) is 6.53. The van der Waals surface area contributed by atoms with Gasteiger partial charge in [-0.3, -0.25) is 4.79 Å². The summed E-state index contributed by atoms with van der Waals surface area (Å²) in [5.41, 5.74) is 0.725. The third kappa shape index (κ3) is 4.58. The van der Waals surface area contributed by atoms with Crippen LogP contribution in [0, 0.1) is 5.82 Å². The van der Waals surface area contributed by atoms with Gasteiger partial charge in [0.25, 0.3) is 0 Å². The predicted octanol–water partition coefficient (Wildman–Crippen LogP) is 2.87. The van der Waals surface area contributed by atoms with E-state index in [1.54, 1.807) is 31.4 Å². The van der Waals surface area contributed by atoms with Crippen molar-refractivity contribution in [1.29, 1.82) is 0 Å². The molecule has 6 heteroatoms. The molecule has 0 bridgehead atoms. The van der Waals surface area contributed by atoms with E-state index in [4.69, 9.17) is 16.0 Å². The summed E-state index contributed by atoms with van der Waals surface area (Å²) in [6.07, 6.45) is 1.55. The van der Waals surface area contributed by atoms with E-state index in [1.807, 2.05) is 0 Å². The topological polar surface area (TPSA) is 54.3 Å². The van der Waals surface area contributed by atoms with Crippen molar-refractivity contribution in [3.63, 3.8) is 0 Å². The third-order valence-corrected chi connectivity index (χ3v) is 3.31. The van der Waals surface area contributed by atoms with Crippen LogP contribution >= 0.6 is 11.6 Å². The Hall–Kier alpha value is -1.85. The number of hydrogen-bond donors (Lipinski definition) is 2. The van der Waals surface area contributed by atoms with Crippen molar-refractivity contribution in [3.8, 4) is 0 Å². The average molecular weight is 311 g/mol. The van der Waals surface area contributed by atoms with Crippen LogP contribution in [0.1, 0.15) is 18.2 Å². The van der Waals surface area contributed by atoms with Gasteiger partial charge in [-0.25, -0.2) is 4.39 Å². The summed E-state index contributed by atoms with van der Waals surface area (Å²) in [6.45, 7) is 2.46. The van der Waals surface area contributed by atoms with Gasteiger partial charge in [-0.2, -0.15) is 0 Å². The first-order chi connectivity index (χ1) is 10.1. The van der Waals surface area contributed by atoms with Crippen molar-refractivity contribution >= 4 is 17.5 Å². The lowest BCUT2D eigenvalue weighted by molar-refractivity contribution is -0.123. The molecule has 1 heterocycles. The number of rotatable bonds is 6. The van der Waals surface area contributed by atoms with Crippen molar-refractivity contribution < 1.29 is 13.6 Å². The molecule has 0 radical (unpaired) electrons. The van der Waals surface area contributed by atoms with E-state index in [0.29, 0.717) is 18.8 Å². The normalized spacial score (nSPS) is 12.1. The number of benzene rings is 1. The second kappa shape index (κ2) is 7.24. The first-order valence-corrected chi connectivity index (χ1v) is 6.91. The molecule has 112 valence electrons. The Kier molecular flexibility index (Phi) is 5.36. The number of halogens is 2. The Labute approximate surface area is 127 Å². The van der Waals surface area contributed by atoms with E-state index in [2.05, 4.69) is 10.6 Å². The van der Waals surface area contributed by atoms with E-state index in [9.17, 15) is 9.18 Å². The van der Waals surface area contributed by atoms with Crippen molar-refractivity contribution in [1.82, 2.24) is 10.6 Å². The van der Waals surface area contributed by atoms with Crippen LogP contribution in [0.3, 0.4) is 0 Å². The van der Waals surface area contributed by atoms with Crippen LogP contribution in [0.5, 0.6) is 0 Å². The van der Waals surface area contributed by atoms with Gasteiger partial charge >= 0.3 is 0 Å². The average Bonchev–Trinajstić information content (AvgIpc) is 2.99. The minimum Gasteiger partial charge on any atom is -0.467 e. The van der Waals surface area contributed by atoms with Crippen molar-refractivity contribution in [2.45, 2.75) is 26.1 Å². The molecule has 0 spiro atoms. The third-order valence-electron chi connectivity index (χ3n) is 3.01. The largest absolute Gasteiger partial charge is 0.467 e. The molecule has 1 aromatic heterocycles. The second-order valence-electron chi connectivity index (χ2n) is 4.65. The van der Waals surface area contributed by atoms with Gasteiger partial charge < -0.3 is 15.1 Å². The van der Waals surface area contributed by atoms with Crippen molar-refractivity contribution in [2.75, 3.05) is 0 Å². The van der Waals surface area contributed by atoms with Gasteiger partial charge in [0.05, 0.1) is 23.9 Å². The highest BCUT2D eigenvalue weighted by molar-refractivity contribution is 6.30. The number of carbonyl (C=O) groups is 1. The molecule has 2 N–H and O–H groups in total. The molecule has 0 saturated heterocycles. The van der Waals surface area contributed by atoms with Gasteiger partial charge in [-0.05, 0) is 36.8 Å². The van der Waals surface area contributed by atoms with Crippen LogP contribution in [0.25, 0.3) is 0 Å². The molecule has 2 aromatic rings. The molecule has 0 aliphatic carbocycles. The minimum absolute atomic E-state index is 0.0861. The zero-order chi connectivity index (χ0) is 15.2. The fourth-order valence-corrected chi connectivity index (χ4v) is 1.87. The maximum absolute atomic E-state index is 13.3. The highest BCUT2D eigenvalue weighted by Gasteiger charge is 2.12. The quantitative estimate of drug-likeness (QED) is 0.862. The standard InChI is InChI=1S/C15H16ClFN2O2/c1-10(15(20)19-9-12-3-2-6-21-12)18-8-11-4-5-13(16)14(17)7-11/h2-7,10,18H,8-9H2,1H3,(H,19,20). The lowest BCUT2D eigenvalue weighted by atomic mass is 10.2. The lowest BCUT2D eigenvalue weighted by Gasteiger charge is -2.13. The van der Waals surface area contributed by atoms with E-state index in [-0.39, 0.29) is 10.9 Å². The molecule has 1 unspecified atom stereocenters. The van der Waals surface area contributed by atoms with Gasteiger partial charge in [0.1, 0.15) is 11.6 Å². The summed E-state index contributed by atoms with van der Waals surface area (Å²) < 4.78 is 18.4. The SMILES string of the molecule is CC(NCc1ccc(Cl)c(F)c1)C(=O)NCc1ccco1. The van der Waals surface area contributed by atoms with Crippen LogP contribution in [-0.2, 0) is 17.9 Å². The maximum Gasteiger partial charge on any atom is 0.237 e. The summed E-state index contributed by atoms with van der Waals surface area (Å²) >= 11 is 5.62. The highest BCUT2D eigenvalue weighted by Crippen LogP contribution is 2.15. The summed E-state index contributed by atoms with van der Waals surface area (Å²) in [5, 5.41) is 5.86. The van der Waals surface area contributed by atoms with E-state index < -0.39 is 11.9 Å². The number of furan rings is 1. The Morgan fingerprint density at radius 2 is 2.19 bits per heavy atom. The fraction of sp³-hybridized carbons (Fsp3) is 0.267. The minimum atomic E-state index is -0.467. The van der Waals surface area contributed by atoms with Crippen LogP contribution in [0.15, 0.2) is 41.0 Å². The Morgan fingerprint density at radius 1 is 1.38 bits per heavy atom. The Balaban J connectivity index is 1.79. The molecular formula is C15H16ClFN2O2. The van der Waals surface area contributed by atoms with Crippen LogP contribution in [0.4, 0.5) is 4.39 Å². The molecule has 0 aliphatic heterocycles. The lowest BCUT2D eigenvalue weighted by Crippen LogP contribution is -2.41. The van der Waals surface area contributed by atoms with E-state index >= 15 is 0 Å². The molecule has 0 saturated carbocycles. The molecule has 2 rings (SSSR count). The van der Waals surface area contributed by atoms with Crippen LogP contribution < -0.4 is 10.6 Å². The number of carbonyl (C=O) groups excluding carboxylic acids is 1. The van der Waals surface area contributed by atoms with Gasteiger partial charge in [0.2, 0.25) is 5.91 Å². The summed E-state index contributed by atoms with van der Waals surface area (Å²) in [7, 11) is 0. The van der Waals surface area contributed by atoms with E-state index in [0.717, 1.165) is 5.56 Å². The molecule has 1 atom stereocenters. The second-order valence-corrected chi connectivity index (χ2v) is 5.06. The van der Waals surface area contributed by atoms with E-state index in [1.165, 1.54) is 12.1 Å². The molecule has 1 aromatic carbocycles. The number of nitrogens with one attached hydrogen (secondary N) is 2. The molecule has 0 fully saturated rings. The van der Waals surface area contributed by atoms with Crippen molar-refractivity contribution in [3.05, 3.63) is 58.8 Å². The van der Waals surface area contributed by atoms with Gasteiger partial charge in [-0.15, -0.1) is 0 Å². The Bertz CT molecular complexity index is 602.